The molecule has 158 valence electrons. The van der Waals surface area contributed by atoms with E-state index in [1.807, 2.05) is 30.0 Å². The minimum Gasteiger partial charge on any atom is -0.496 e. The first-order chi connectivity index (χ1) is 13.7. The van der Waals surface area contributed by atoms with Gasteiger partial charge in [0.15, 0.2) is 5.76 Å². The molecule has 1 aromatic heterocycles. The van der Waals surface area contributed by atoms with Gasteiger partial charge in [0.2, 0.25) is 5.09 Å². The number of sulfonamides is 1. The predicted octanol–water partition coefficient (Wildman–Crippen LogP) is 0.735. The van der Waals surface area contributed by atoms with Crippen LogP contribution in [0.4, 0.5) is 0 Å². The second-order valence-electron chi connectivity index (χ2n) is 6.95. The van der Waals surface area contributed by atoms with Gasteiger partial charge >= 0.3 is 0 Å². The van der Waals surface area contributed by atoms with E-state index >= 15 is 0 Å². The fourth-order valence-electron chi connectivity index (χ4n) is 3.33. The SMILES string of the molecule is COc1ccc(C)cc1C(O)CN1CCN(S(=O)(=O)c2ccc(C(N)=O)o2)CC1. The lowest BCUT2D eigenvalue weighted by Gasteiger charge is -2.34. The molecule has 1 amide bonds. The van der Waals surface area contributed by atoms with Gasteiger partial charge in [0, 0.05) is 38.3 Å². The van der Waals surface area contributed by atoms with Crippen LogP contribution in [-0.4, -0.2) is 68.5 Å². The Morgan fingerprint density at radius 1 is 1.24 bits per heavy atom. The van der Waals surface area contributed by atoms with E-state index < -0.39 is 22.0 Å². The molecular formula is C19H25N3O6S. The Kier molecular flexibility index (Phi) is 6.27. The number of nitrogens with two attached hydrogens (primary N) is 1. The van der Waals surface area contributed by atoms with Crippen molar-refractivity contribution in [2.45, 2.75) is 18.1 Å². The Bertz CT molecular complexity index is 980. The van der Waals surface area contributed by atoms with Gasteiger partial charge in [-0.1, -0.05) is 11.6 Å². The number of benzene rings is 1. The number of hydrogen-bond donors (Lipinski definition) is 2. The fourth-order valence-corrected chi connectivity index (χ4v) is 4.66. The van der Waals surface area contributed by atoms with Crippen LogP contribution in [-0.2, 0) is 10.0 Å². The van der Waals surface area contributed by atoms with Gasteiger partial charge in [-0.3, -0.25) is 9.69 Å². The molecule has 10 heteroatoms. The summed E-state index contributed by atoms with van der Waals surface area (Å²) in [4.78, 5) is 13.1. The number of methoxy groups -OCH3 is 1. The molecule has 0 bridgehead atoms. The summed E-state index contributed by atoms with van der Waals surface area (Å²) in [5, 5.41) is 10.4. The first kappa shape index (κ1) is 21.3. The number of nitrogens with zero attached hydrogens (tertiary/aromatic N) is 2. The van der Waals surface area contributed by atoms with Gasteiger partial charge in [0.1, 0.15) is 5.75 Å². The minimum absolute atomic E-state index is 0.197. The number of aliphatic hydroxyl groups excluding tert-OH is 1. The molecule has 3 N–H and O–H groups in total. The molecular weight excluding hydrogens is 398 g/mol. The van der Waals surface area contributed by atoms with Crippen LogP contribution in [0.2, 0.25) is 0 Å². The lowest BCUT2D eigenvalue weighted by Crippen LogP contribution is -2.49. The van der Waals surface area contributed by atoms with Crippen molar-refractivity contribution in [2.24, 2.45) is 5.73 Å². The number of amides is 1. The molecule has 0 radical (unpaired) electrons. The number of carbonyl (C=O) groups is 1. The third-order valence-corrected chi connectivity index (χ3v) is 6.70. The number of furan rings is 1. The Labute approximate surface area is 169 Å². The number of piperazine rings is 1. The summed E-state index contributed by atoms with van der Waals surface area (Å²) in [6.07, 6.45) is -0.754. The van der Waals surface area contributed by atoms with Gasteiger partial charge in [0.05, 0.1) is 13.2 Å². The molecule has 2 aromatic rings. The van der Waals surface area contributed by atoms with Crippen LogP contribution in [0.3, 0.4) is 0 Å². The zero-order valence-electron chi connectivity index (χ0n) is 16.4. The summed E-state index contributed by atoms with van der Waals surface area (Å²) in [5.74, 6) is -0.401. The molecule has 3 rings (SSSR count). The Balaban J connectivity index is 1.63. The van der Waals surface area contributed by atoms with Crippen molar-refractivity contribution in [3.05, 3.63) is 47.2 Å². The molecule has 0 saturated carbocycles. The van der Waals surface area contributed by atoms with Crippen molar-refractivity contribution in [2.75, 3.05) is 39.8 Å². The quantitative estimate of drug-likeness (QED) is 0.672. The van der Waals surface area contributed by atoms with E-state index in [0.717, 1.165) is 5.56 Å². The summed E-state index contributed by atoms with van der Waals surface area (Å²) >= 11 is 0. The van der Waals surface area contributed by atoms with Crippen molar-refractivity contribution in [1.82, 2.24) is 9.21 Å². The number of ether oxygens (including phenoxy) is 1. The van der Waals surface area contributed by atoms with Crippen LogP contribution in [0.1, 0.15) is 27.8 Å². The van der Waals surface area contributed by atoms with E-state index in [0.29, 0.717) is 30.9 Å². The average Bonchev–Trinajstić information content (AvgIpc) is 3.20. The molecule has 1 aromatic carbocycles. The van der Waals surface area contributed by atoms with Crippen molar-refractivity contribution in [3.63, 3.8) is 0 Å². The maximum absolute atomic E-state index is 12.7. The molecule has 29 heavy (non-hydrogen) atoms. The fraction of sp³-hybridized carbons (Fsp3) is 0.421. The van der Waals surface area contributed by atoms with Crippen LogP contribution in [0.15, 0.2) is 39.8 Å². The number of aliphatic hydroxyl groups is 1. The summed E-state index contributed by atoms with van der Waals surface area (Å²) in [7, 11) is -2.29. The number of aryl methyl sites for hydroxylation is 1. The van der Waals surface area contributed by atoms with Crippen LogP contribution in [0.25, 0.3) is 0 Å². The van der Waals surface area contributed by atoms with Crippen LogP contribution < -0.4 is 10.5 Å². The summed E-state index contributed by atoms with van der Waals surface area (Å²) in [6.45, 7) is 3.69. The molecule has 1 atom stereocenters. The summed E-state index contributed by atoms with van der Waals surface area (Å²) < 4.78 is 37.1. The Morgan fingerprint density at radius 3 is 2.52 bits per heavy atom. The molecule has 1 aliphatic rings. The molecule has 0 aliphatic carbocycles. The lowest BCUT2D eigenvalue weighted by atomic mass is 10.0. The predicted molar refractivity (Wildman–Crippen MR) is 105 cm³/mol. The second kappa shape index (κ2) is 8.54. The highest BCUT2D eigenvalue weighted by molar-refractivity contribution is 7.89. The first-order valence-corrected chi connectivity index (χ1v) is 10.6. The van der Waals surface area contributed by atoms with Crippen molar-refractivity contribution >= 4 is 15.9 Å². The number of rotatable bonds is 7. The van der Waals surface area contributed by atoms with E-state index in [-0.39, 0.29) is 23.9 Å². The van der Waals surface area contributed by atoms with Crippen LogP contribution >= 0.6 is 0 Å². The number of β-amino-alcohol motifs (C(OH)–C–C–N with tert-alkyl or cyclic N) is 1. The molecule has 1 unspecified atom stereocenters. The number of hydrogen-bond acceptors (Lipinski definition) is 7. The van der Waals surface area contributed by atoms with Gasteiger partial charge in [-0.15, -0.1) is 0 Å². The standard InChI is InChI=1S/C19H25N3O6S/c1-13-3-4-16(27-2)14(11-13)15(23)12-21-7-9-22(10-8-21)29(25,26)18-6-5-17(28-18)19(20)24/h3-6,11,15,23H,7-10,12H2,1-2H3,(H2,20,24). The maximum Gasteiger partial charge on any atom is 0.284 e. The van der Waals surface area contributed by atoms with Gasteiger partial charge in [-0.05, 0) is 31.2 Å². The van der Waals surface area contributed by atoms with Crippen LogP contribution in [0.5, 0.6) is 5.75 Å². The molecule has 1 fully saturated rings. The van der Waals surface area contributed by atoms with Gasteiger partial charge in [-0.2, -0.15) is 4.31 Å². The molecule has 9 nitrogen and oxygen atoms in total. The third kappa shape index (κ3) is 4.61. The number of carbonyl (C=O) groups excluding carboxylic acids is 1. The normalized spacial score (nSPS) is 17.2. The molecule has 1 saturated heterocycles. The highest BCUT2D eigenvalue weighted by atomic mass is 32.2. The maximum atomic E-state index is 12.7. The highest BCUT2D eigenvalue weighted by Gasteiger charge is 2.32. The summed E-state index contributed by atoms with van der Waals surface area (Å²) in [6, 6.07) is 8.10. The molecule has 0 spiro atoms. The van der Waals surface area contributed by atoms with Crippen molar-refractivity contribution < 1.29 is 27.5 Å². The van der Waals surface area contributed by atoms with Gasteiger partial charge in [-0.25, -0.2) is 8.42 Å². The monoisotopic (exact) mass is 423 g/mol. The second-order valence-corrected chi connectivity index (χ2v) is 8.82. The average molecular weight is 423 g/mol. The van der Waals surface area contributed by atoms with Crippen LogP contribution in [0, 0.1) is 6.92 Å². The first-order valence-electron chi connectivity index (χ1n) is 9.17. The van der Waals surface area contributed by atoms with E-state index in [9.17, 15) is 18.3 Å². The zero-order valence-corrected chi connectivity index (χ0v) is 17.2. The third-order valence-electron chi connectivity index (χ3n) is 4.92. The van der Waals surface area contributed by atoms with Crippen molar-refractivity contribution in [1.29, 1.82) is 0 Å². The minimum atomic E-state index is -3.85. The van der Waals surface area contributed by atoms with E-state index in [2.05, 4.69) is 0 Å². The molecule has 1 aliphatic heterocycles. The zero-order chi connectivity index (χ0) is 21.2. The van der Waals surface area contributed by atoms with E-state index in [1.165, 1.54) is 16.4 Å². The largest absolute Gasteiger partial charge is 0.496 e. The smallest absolute Gasteiger partial charge is 0.284 e. The van der Waals surface area contributed by atoms with Gasteiger partial charge in [0.25, 0.3) is 15.9 Å². The Morgan fingerprint density at radius 2 is 1.93 bits per heavy atom. The van der Waals surface area contributed by atoms with Crippen molar-refractivity contribution in [3.8, 4) is 5.75 Å². The highest BCUT2D eigenvalue weighted by Crippen LogP contribution is 2.27. The Hall–Kier alpha value is -2.40. The van der Waals surface area contributed by atoms with Gasteiger partial charge < -0.3 is 20.0 Å². The molecule has 2 heterocycles. The lowest BCUT2D eigenvalue weighted by molar-refractivity contribution is 0.0900. The number of primary amides is 1. The van der Waals surface area contributed by atoms with E-state index in [1.54, 1.807) is 7.11 Å². The summed E-state index contributed by atoms with van der Waals surface area (Å²) in [5.41, 5.74) is 6.83. The topological polar surface area (TPSA) is 126 Å². The van der Waals surface area contributed by atoms with E-state index in [4.69, 9.17) is 14.9 Å².